The van der Waals surface area contributed by atoms with Crippen LogP contribution < -0.4 is 0 Å². The second kappa shape index (κ2) is 24.8. The molecule has 0 aromatic carbocycles. The summed E-state index contributed by atoms with van der Waals surface area (Å²) in [5, 5.41) is 1.75. The van der Waals surface area contributed by atoms with Crippen LogP contribution >= 0.6 is 23.5 Å². The standard InChI is InChI=1S/C30H62S2/c1-27(2)23-19-15-11-7-9-13-17-21-25-29(31-5)30(32-6)26-22-18-14-10-8-12-16-20-24-28(3)4/h27-30H,7-26H2,1-6H3. The van der Waals surface area contributed by atoms with Gasteiger partial charge in [0.2, 0.25) is 0 Å². The molecule has 0 radical (unpaired) electrons. The first-order chi connectivity index (χ1) is 15.5. The van der Waals surface area contributed by atoms with Gasteiger partial charge in [-0.3, -0.25) is 0 Å². The predicted molar refractivity (Wildman–Crippen MR) is 157 cm³/mol. The van der Waals surface area contributed by atoms with E-state index in [0.717, 1.165) is 22.3 Å². The number of hydrogen-bond donors (Lipinski definition) is 0. The summed E-state index contributed by atoms with van der Waals surface area (Å²) in [5.74, 6) is 1.78. The van der Waals surface area contributed by atoms with E-state index in [9.17, 15) is 0 Å². The van der Waals surface area contributed by atoms with Crippen molar-refractivity contribution in [3.05, 3.63) is 0 Å². The van der Waals surface area contributed by atoms with Gasteiger partial charge in [0.1, 0.15) is 0 Å². The fourth-order valence-electron chi connectivity index (χ4n) is 4.83. The molecule has 2 atom stereocenters. The summed E-state index contributed by atoms with van der Waals surface area (Å²) in [7, 11) is 0. The predicted octanol–water partition coefficient (Wildman–Crippen LogP) is 11.6. The van der Waals surface area contributed by atoms with E-state index >= 15 is 0 Å². The lowest BCUT2D eigenvalue weighted by Gasteiger charge is -2.24. The first-order valence-electron chi connectivity index (χ1n) is 14.6. The second-order valence-electron chi connectivity index (χ2n) is 11.1. The summed E-state index contributed by atoms with van der Waals surface area (Å²) in [6.07, 6.45) is 33.8. The molecule has 0 saturated heterocycles. The maximum absolute atomic E-state index is 2.35. The Kier molecular flexibility index (Phi) is 25.4. The molecule has 0 N–H and O–H groups in total. The lowest BCUT2D eigenvalue weighted by Crippen LogP contribution is -2.19. The highest BCUT2D eigenvalue weighted by Crippen LogP contribution is 2.30. The second-order valence-corrected chi connectivity index (χ2v) is 13.3. The first kappa shape index (κ1) is 32.7. The molecule has 0 amide bonds. The molecule has 0 aromatic rings. The fraction of sp³-hybridized carbons (Fsp3) is 1.00. The van der Waals surface area contributed by atoms with E-state index in [4.69, 9.17) is 0 Å². The van der Waals surface area contributed by atoms with Crippen molar-refractivity contribution in [2.45, 2.75) is 167 Å². The zero-order chi connectivity index (χ0) is 23.9. The summed E-state index contributed by atoms with van der Waals surface area (Å²) >= 11 is 4.29. The molecule has 0 heterocycles. The number of rotatable bonds is 25. The third-order valence-corrected chi connectivity index (χ3v) is 9.57. The summed E-state index contributed by atoms with van der Waals surface area (Å²) in [6, 6.07) is 0. The molecule has 2 heteroatoms. The van der Waals surface area contributed by atoms with Crippen LogP contribution in [0.2, 0.25) is 0 Å². The highest BCUT2D eigenvalue weighted by molar-refractivity contribution is 8.03. The van der Waals surface area contributed by atoms with Gasteiger partial charge >= 0.3 is 0 Å². The molecule has 0 fully saturated rings. The van der Waals surface area contributed by atoms with Crippen molar-refractivity contribution in [1.82, 2.24) is 0 Å². The maximum Gasteiger partial charge on any atom is 0.0163 e. The van der Waals surface area contributed by atoms with Crippen molar-refractivity contribution >= 4 is 23.5 Å². The van der Waals surface area contributed by atoms with Crippen molar-refractivity contribution in [2.24, 2.45) is 11.8 Å². The molecule has 2 unspecified atom stereocenters. The quantitative estimate of drug-likeness (QED) is 0.118. The van der Waals surface area contributed by atoms with E-state index in [1.54, 1.807) is 0 Å². The van der Waals surface area contributed by atoms with Crippen molar-refractivity contribution < 1.29 is 0 Å². The van der Waals surface area contributed by atoms with Crippen LogP contribution in [-0.4, -0.2) is 23.0 Å². The lowest BCUT2D eigenvalue weighted by atomic mass is 10.0. The van der Waals surface area contributed by atoms with E-state index < -0.39 is 0 Å². The Morgan fingerprint density at radius 1 is 0.344 bits per heavy atom. The molecule has 194 valence electrons. The third kappa shape index (κ3) is 22.5. The van der Waals surface area contributed by atoms with Gasteiger partial charge in [0.25, 0.3) is 0 Å². The molecule has 0 spiro atoms. The SMILES string of the molecule is CSC(CCCCCCCCCCC(C)C)C(CCCCCCCCCCC(C)C)SC. The Hall–Kier alpha value is 0.700. The largest absolute Gasteiger partial charge is 0.161 e. The Morgan fingerprint density at radius 3 is 0.781 bits per heavy atom. The van der Waals surface area contributed by atoms with Crippen LogP contribution in [0.25, 0.3) is 0 Å². The Balaban J connectivity index is 3.63. The summed E-state index contributed by atoms with van der Waals surface area (Å²) in [6.45, 7) is 9.39. The van der Waals surface area contributed by atoms with Crippen LogP contribution in [0.15, 0.2) is 0 Å². The van der Waals surface area contributed by atoms with Gasteiger partial charge in [0, 0.05) is 10.5 Å². The topological polar surface area (TPSA) is 0 Å². The molecule has 32 heavy (non-hydrogen) atoms. The molecule has 0 aromatic heterocycles. The van der Waals surface area contributed by atoms with Gasteiger partial charge in [-0.05, 0) is 37.2 Å². The monoisotopic (exact) mass is 486 g/mol. The Bertz CT molecular complexity index is 319. The minimum atomic E-state index is 0.877. The molecule has 0 aliphatic rings. The van der Waals surface area contributed by atoms with Gasteiger partial charge in [0.05, 0.1) is 0 Å². The van der Waals surface area contributed by atoms with Crippen LogP contribution in [0.1, 0.15) is 156 Å². The van der Waals surface area contributed by atoms with Crippen LogP contribution in [0.3, 0.4) is 0 Å². The molecule has 0 aliphatic heterocycles. The van der Waals surface area contributed by atoms with Gasteiger partial charge < -0.3 is 0 Å². The lowest BCUT2D eigenvalue weighted by molar-refractivity contribution is 0.500. The van der Waals surface area contributed by atoms with Crippen LogP contribution in [-0.2, 0) is 0 Å². The number of unbranched alkanes of at least 4 members (excludes halogenated alkanes) is 14. The zero-order valence-electron chi connectivity index (χ0n) is 23.3. The minimum absolute atomic E-state index is 0.877. The first-order valence-corrected chi connectivity index (χ1v) is 17.1. The molecular formula is C30H62S2. The van der Waals surface area contributed by atoms with E-state index in [2.05, 4.69) is 63.7 Å². The van der Waals surface area contributed by atoms with Crippen molar-refractivity contribution in [3.63, 3.8) is 0 Å². The van der Waals surface area contributed by atoms with E-state index in [1.807, 2.05) is 0 Å². The fourth-order valence-corrected chi connectivity index (χ4v) is 7.18. The van der Waals surface area contributed by atoms with E-state index in [0.29, 0.717) is 0 Å². The van der Waals surface area contributed by atoms with Crippen LogP contribution in [0, 0.1) is 11.8 Å². The number of thioether (sulfide) groups is 2. The summed E-state index contributed by atoms with van der Waals surface area (Å²) in [4.78, 5) is 0. The van der Waals surface area contributed by atoms with Gasteiger partial charge in [-0.1, -0.05) is 143 Å². The highest BCUT2D eigenvalue weighted by Gasteiger charge is 2.19. The summed E-state index contributed by atoms with van der Waals surface area (Å²) in [5.41, 5.74) is 0. The normalized spacial score (nSPS) is 13.9. The third-order valence-electron chi connectivity index (χ3n) is 7.06. The zero-order valence-corrected chi connectivity index (χ0v) is 24.9. The highest BCUT2D eigenvalue weighted by atomic mass is 32.2. The van der Waals surface area contributed by atoms with Crippen LogP contribution in [0.4, 0.5) is 0 Å². The van der Waals surface area contributed by atoms with E-state index in [-0.39, 0.29) is 0 Å². The smallest absolute Gasteiger partial charge is 0.0163 e. The van der Waals surface area contributed by atoms with Gasteiger partial charge in [-0.25, -0.2) is 0 Å². The van der Waals surface area contributed by atoms with Crippen LogP contribution in [0.5, 0.6) is 0 Å². The molecule has 0 rings (SSSR count). The summed E-state index contributed by atoms with van der Waals surface area (Å²) < 4.78 is 0. The molecule has 0 saturated carbocycles. The van der Waals surface area contributed by atoms with Gasteiger partial charge in [-0.2, -0.15) is 23.5 Å². The van der Waals surface area contributed by atoms with Crippen molar-refractivity contribution in [3.8, 4) is 0 Å². The van der Waals surface area contributed by atoms with Crippen molar-refractivity contribution in [1.29, 1.82) is 0 Å². The van der Waals surface area contributed by atoms with Crippen molar-refractivity contribution in [2.75, 3.05) is 12.5 Å². The Labute approximate surface area is 214 Å². The van der Waals surface area contributed by atoms with Gasteiger partial charge in [0.15, 0.2) is 0 Å². The average Bonchev–Trinajstić information content (AvgIpc) is 2.76. The molecular weight excluding hydrogens is 424 g/mol. The van der Waals surface area contributed by atoms with Gasteiger partial charge in [-0.15, -0.1) is 0 Å². The van der Waals surface area contributed by atoms with E-state index in [1.165, 1.54) is 128 Å². The molecule has 0 aliphatic carbocycles. The molecule has 0 nitrogen and oxygen atoms in total. The maximum atomic E-state index is 2.35. The minimum Gasteiger partial charge on any atom is -0.161 e. The average molecular weight is 487 g/mol. The number of hydrogen-bond acceptors (Lipinski definition) is 2. The Morgan fingerprint density at radius 2 is 0.562 bits per heavy atom. The molecule has 0 bridgehead atoms.